The van der Waals surface area contributed by atoms with Gasteiger partial charge in [-0.3, -0.25) is 4.79 Å². The van der Waals surface area contributed by atoms with Crippen LogP contribution in [-0.2, 0) is 6.61 Å². The molecule has 6 nitrogen and oxygen atoms in total. The molecule has 0 aliphatic carbocycles. The molecule has 1 aromatic carbocycles. The predicted octanol–water partition coefficient (Wildman–Crippen LogP) is 3.39. The molecular weight excluding hydrogens is 372 g/mol. The lowest BCUT2D eigenvalue weighted by Crippen LogP contribution is -2.49. The van der Waals surface area contributed by atoms with E-state index in [9.17, 15) is 4.79 Å². The number of ether oxygens (including phenoxy) is 1. The van der Waals surface area contributed by atoms with Crippen LogP contribution in [0.25, 0.3) is 0 Å². The van der Waals surface area contributed by atoms with E-state index in [4.69, 9.17) is 4.74 Å². The van der Waals surface area contributed by atoms with E-state index in [2.05, 4.69) is 14.9 Å². The summed E-state index contributed by atoms with van der Waals surface area (Å²) in [5.41, 5.74) is 1.69. The minimum atomic E-state index is 0.0581. The maximum atomic E-state index is 12.8. The van der Waals surface area contributed by atoms with E-state index in [1.54, 1.807) is 17.5 Å². The average Bonchev–Trinajstić information content (AvgIpc) is 3.18. The van der Waals surface area contributed by atoms with Gasteiger partial charge in [0.25, 0.3) is 5.91 Å². The van der Waals surface area contributed by atoms with Gasteiger partial charge in [-0.25, -0.2) is 9.97 Å². The minimum absolute atomic E-state index is 0.0581. The van der Waals surface area contributed by atoms with Crippen LogP contribution in [0.4, 0.5) is 5.82 Å². The third-order valence-corrected chi connectivity index (χ3v) is 5.61. The summed E-state index contributed by atoms with van der Waals surface area (Å²) in [6.07, 6.45) is 1.80. The van der Waals surface area contributed by atoms with Gasteiger partial charge in [-0.1, -0.05) is 6.07 Å². The number of benzene rings is 1. The van der Waals surface area contributed by atoms with Crippen LogP contribution in [0.3, 0.4) is 0 Å². The second-order valence-electron chi connectivity index (χ2n) is 6.66. The number of hydrogen-bond acceptors (Lipinski definition) is 6. The Labute approximate surface area is 168 Å². The zero-order chi connectivity index (χ0) is 19.3. The molecule has 3 aromatic rings. The standard InChI is InChI=1S/C21H22N4O2S/c1-16-15-28-20(23-16)14-27-18-7-5-17(6-8-18)21(26)25-12-10-24(11-13-25)19-4-2-3-9-22-19/h2-9,15H,10-14H2,1H3. The van der Waals surface area contributed by atoms with Gasteiger partial charge in [-0.2, -0.15) is 0 Å². The molecular formula is C21H22N4O2S. The molecule has 0 saturated carbocycles. The first-order valence-corrected chi connectivity index (χ1v) is 10.2. The van der Waals surface area contributed by atoms with E-state index in [0.29, 0.717) is 25.3 Å². The Hall–Kier alpha value is -2.93. The summed E-state index contributed by atoms with van der Waals surface area (Å²) in [4.78, 5) is 25.7. The van der Waals surface area contributed by atoms with Crippen LogP contribution in [0, 0.1) is 6.92 Å². The van der Waals surface area contributed by atoms with E-state index < -0.39 is 0 Å². The zero-order valence-electron chi connectivity index (χ0n) is 15.7. The topological polar surface area (TPSA) is 58.6 Å². The van der Waals surface area contributed by atoms with Crippen LogP contribution in [-0.4, -0.2) is 47.0 Å². The van der Waals surface area contributed by atoms with Crippen LogP contribution < -0.4 is 9.64 Å². The molecule has 7 heteroatoms. The molecule has 4 rings (SSSR count). The second kappa shape index (κ2) is 8.39. The minimum Gasteiger partial charge on any atom is -0.486 e. The summed E-state index contributed by atoms with van der Waals surface area (Å²) in [6.45, 7) is 5.38. The monoisotopic (exact) mass is 394 g/mol. The summed E-state index contributed by atoms with van der Waals surface area (Å²) in [7, 11) is 0. The Morgan fingerprint density at radius 3 is 2.54 bits per heavy atom. The van der Waals surface area contributed by atoms with Gasteiger partial charge in [0.2, 0.25) is 0 Å². The van der Waals surface area contributed by atoms with Gasteiger partial charge in [-0.15, -0.1) is 11.3 Å². The molecule has 2 aromatic heterocycles. The van der Waals surface area contributed by atoms with Gasteiger partial charge in [0, 0.05) is 49.0 Å². The third kappa shape index (κ3) is 4.31. The van der Waals surface area contributed by atoms with Gasteiger partial charge in [0.1, 0.15) is 23.2 Å². The number of hydrogen-bond donors (Lipinski definition) is 0. The lowest BCUT2D eigenvalue weighted by molar-refractivity contribution is 0.0746. The molecule has 3 heterocycles. The van der Waals surface area contributed by atoms with Gasteiger partial charge in [-0.05, 0) is 43.3 Å². The molecule has 1 aliphatic rings. The maximum Gasteiger partial charge on any atom is 0.253 e. The number of carbonyl (C=O) groups excluding carboxylic acids is 1. The number of aromatic nitrogens is 2. The molecule has 0 atom stereocenters. The van der Waals surface area contributed by atoms with Crippen LogP contribution in [0.1, 0.15) is 21.1 Å². The fraction of sp³-hybridized carbons (Fsp3) is 0.286. The second-order valence-corrected chi connectivity index (χ2v) is 7.61. The van der Waals surface area contributed by atoms with Crippen LogP contribution >= 0.6 is 11.3 Å². The maximum absolute atomic E-state index is 12.8. The number of rotatable bonds is 5. The van der Waals surface area contributed by atoms with Crippen molar-refractivity contribution in [1.82, 2.24) is 14.9 Å². The quantitative estimate of drug-likeness (QED) is 0.664. The number of amides is 1. The number of nitrogens with zero attached hydrogens (tertiary/aromatic N) is 4. The number of carbonyl (C=O) groups is 1. The first-order chi connectivity index (χ1) is 13.7. The molecule has 0 bridgehead atoms. The number of thiazole rings is 1. The third-order valence-electron chi connectivity index (χ3n) is 4.67. The Morgan fingerprint density at radius 1 is 1.11 bits per heavy atom. The number of anilines is 1. The Balaban J connectivity index is 1.31. The molecule has 0 spiro atoms. The van der Waals surface area contributed by atoms with E-state index in [-0.39, 0.29) is 5.91 Å². The molecule has 1 fully saturated rings. The summed E-state index contributed by atoms with van der Waals surface area (Å²) in [5, 5.41) is 2.96. The highest BCUT2D eigenvalue weighted by atomic mass is 32.1. The Kier molecular flexibility index (Phi) is 5.53. The van der Waals surface area contributed by atoms with Crippen molar-refractivity contribution in [2.24, 2.45) is 0 Å². The lowest BCUT2D eigenvalue weighted by Gasteiger charge is -2.35. The van der Waals surface area contributed by atoms with Crippen molar-refractivity contribution in [1.29, 1.82) is 0 Å². The first kappa shape index (κ1) is 18.4. The zero-order valence-corrected chi connectivity index (χ0v) is 16.6. The van der Waals surface area contributed by atoms with Crippen molar-refractivity contribution in [3.05, 3.63) is 70.3 Å². The van der Waals surface area contributed by atoms with E-state index >= 15 is 0 Å². The van der Waals surface area contributed by atoms with Crippen molar-refractivity contribution >= 4 is 23.1 Å². The predicted molar refractivity (Wildman–Crippen MR) is 110 cm³/mol. The Morgan fingerprint density at radius 2 is 1.89 bits per heavy atom. The average molecular weight is 395 g/mol. The van der Waals surface area contributed by atoms with Crippen molar-refractivity contribution in [2.75, 3.05) is 31.1 Å². The van der Waals surface area contributed by atoms with Crippen molar-refractivity contribution in [2.45, 2.75) is 13.5 Å². The molecule has 28 heavy (non-hydrogen) atoms. The molecule has 0 radical (unpaired) electrons. The summed E-state index contributed by atoms with van der Waals surface area (Å²) < 4.78 is 5.76. The van der Waals surface area contributed by atoms with E-state index in [0.717, 1.165) is 35.4 Å². The van der Waals surface area contributed by atoms with Crippen molar-refractivity contribution < 1.29 is 9.53 Å². The van der Waals surface area contributed by atoms with E-state index in [1.807, 2.05) is 59.7 Å². The van der Waals surface area contributed by atoms with Gasteiger partial charge in [0.05, 0.1) is 0 Å². The van der Waals surface area contributed by atoms with Crippen LogP contribution in [0.2, 0.25) is 0 Å². The fourth-order valence-corrected chi connectivity index (χ4v) is 3.85. The number of pyridine rings is 1. The molecule has 144 valence electrons. The van der Waals surface area contributed by atoms with Crippen LogP contribution in [0.5, 0.6) is 5.75 Å². The first-order valence-electron chi connectivity index (χ1n) is 9.28. The summed E-state index contributed by atoms with van der Waals surface area (Å²) in [5.74, 6) is 1.76. The highest BCUT2D eigenvalue weighted by Gasteiger charge is 2.22. The molecule has 1 amide bonds. The number of piperazine rings is 1. The number of aryl methyl sites for hydroxylation is 1. The van der Waals surface area contributed by atoms with Crippen molar-refractivity contribution in [3.63, 3.8) is 0 Å². The fourth-order valence-electron chi connectivity index (χ4n) is 3.17. The SMILES string of the molecule is Cc1csc(COc2ccc(C(=O)N3CCN(c4ccccn4)CC3)cc2)n1. The van der Waals surface area contributed by atoms with Crippen LogP contribution in [0.15, 0.2) is 54.0 Å². The molecule has 1 aliphatic heterocycles. The summed E-state index contributed by atoms with van der Waals surface area (Å²) in [6, 6.07) is 13.2. The highest BCUT2D eigenvalue weighted by molar-refractivity contribution is 7.09. The normalized spacial score (nSPS) is 14.2. The Bertz CT molecular complexity index is 919. The molecule has 1 saturated heterocycles. The van der Waals surface area contributed by atoms with Crippen molar-refractivity contribution in [3.8, 4) is 5.75 Å². The molecule has 0 unspecified atom stereocenters. The largest absolute Gasteiger partial charge is 0.486 e. The highest BCUT2D eigenvalue weighted by Crippen LogP contribution is 2.18. The smallest absolute Gasteiger partial charge is 0.253 e. The van der Waals surface area contributed by atoms with E-state index in [1.165, 1.54) is 0 Å². The lowest BCUT2D eigenvalue weighted by atomic mass is 10.1. The van der Waals surface area contributed by atoms with Gasteiger partial charge in [0.15, 0.2) is 0 Å². The summed E-state index contributed by atoms with van der Waals surface area (Å²) >= 11 is 1.59. The molecule has 0 N–H and O–H groups in total. The van der Waals surface area contributed by atoms with Gasteiger partial charge >= 0.3 is 0 Å². The van der Waals surface area contributed by atoms with Gasteiger partial charge < -0.3 is 14.5 Å².